The van der Waals surface area contributed by atoms with Crippen LogP contribution in [0.1, 0.15) is 13.8 Å². The number of nitrogens with one attached hydrogen (secondary N) is 1. The molecule has 0 amide bonds. The SMILES string of the molecule is CC(C)(CO)CNc1ccc2ncccc2c1[N+](=O)[O-]. The molecule has 6 heteroatoms. The van der Waals surface area contributed by atoms with Crippen LogP contribution in [0.3, 0.4) is 0 Å². The molecule has 1 aromatic carbocycles. The molecule has 2 aromatic rings. The van der Waals surface area contributed by atoms with Crippen LogP contribution in [0, 0.1) is 15.5 Å². The number of hydrogen-bond acceptors (Lipinski definition) is 5. The summed E-state index contributed by atoms with van der Waals surface area (Å²) in [5.74, 6) is 0. The molecular weight excluding hydrogens is 258 g/mol. The number of aromatic nitrogens is 1. The third-order valence-corrected chi connectivity index (χ3v) is 3.12. The molecule has 0 bridgehead atoms. The van der Waals surface area contributed by atoms with E-state index in [2.05, 4.69) is 10.3 Å². The normalized spacial score (nSPS) is 11.6. The lowest BCUT2D eigenvalue weighted by Crippen LogP contribution is -2.27. The summed E-state index contributed by atoms with van der Waals surface area (Å²) in [6, 6.07) is 6.76. The Bertz CT molecular complexity index is 641. The fourth-order valence-electron chi connectivity index (χ4n) is 1.87. The lowest BCUT2D eigenvalue weighted by Gasteiger charge is -2.22. The Hall–Kier alpha value is -2.21. The van der Waals surface area contributed by atoms with Crippen LogP contribution in [0.15, 0.2) is 30.5 Å². The number of nitrogens with zero attached hydrogens (tertiary/aromatic N) is 2. The van der Waals surface area contributed by atoms with Gasteiger partial charge < -0.3 is 10.4 Å². The van der Waals surface area contributed by atoms with Crippen molar-refractivity contribution in [2.45, 2.75) is 13.8 Å². The molecule has 6 nitrogen and oxygen atoms in total. The van der Waals surface area contributed by atoms with Gasteiger partial charge in [-0.15, -0.1) is 0 Å². The zero-order valence-corrected chi connectivity index (χ0v) is 11.5. The van der Waals surface area contributed by atoms with Gasteiger partial charge in [-0.3, -0.25) is 15.1 Å². The van der Waals surface area contributed by atoms with Gasteiger partial charge in [-0.1, -0.05) is 13.8 Å². The molecule has 0 atom stereocenters. The van der Waals surface area contributed by atoms with Crippen LogP contribution in [-0.2, 0) is 0 Å². The van der Waals surface area contributed by atoms with E-state index in [9.17, 15) is 15.2 Å². The Morgan fingerprint density at radius 2 is 2.15 bits per heavy atom. The number of nitro groups is 1. The van der Waals surface area contributed by atoms with Crippen LogP contribution >= 0.6 is 0 Å². The van der Waals surface area contributed by atoms with E-state index in [0.717, 1.165) is 0 Å². The molecule has 1 aromatic heterocycles. The summed E-state index contributed by atoms with van der Waals surface area (Å²) in [6.07, 6.45) is 1.61. The summed E-state index contributed by atoms with van der Waals surface area (Å²) in [6.45, 7) is 4.21. The molecule has 106 valence electrons. The summed E-state index contributed by atoms with van der Waals surface area (Å²) in [5, 5.41) is 24.1. The molecule has 0 spiro atoms. The third-order valence-electron chi connectivity index (χ3n) is 3.12. The average Bonchev–Trinajstić information content (AvgIpc) is 2.44. The maximum atomic E-state index is 11.3. The van der Waals surface area contributed by atoms with E-state index in [1.807, 2.05) is 13.8 Å². The second-order valence-corrected chi connectivity index (χ2v) is 5.46. The smallest absolute Gasteiger partial charge is 0.301 e. The van der Waals surface area contributed by atoms with E-state index < -0.39 is 4.92 Å². The Labute approximate surface area is 116 Å². The van der Waals surface area contributed by atoms with Gasteiger partial charge in [0.05, 0.1) is 15.8 Å². The number of rotatable bonds is 5. The van der Waals surface area contributed by atoms with Gasteiger partial charge >= 0.3 is 5.69 Å². The number of anilines is 1. The van der Waals surface area contributed by atoms with Gasteiger partial charge in [-0.25, -0.2) is 0 Å². The van der Waals surface area contributed by atoms with Gasteiger partial charge in [0.15, 0.2) is 0 Å². The highest BCUT2D eigenvalue weighted by molar-refractivity contribution is 5.94. The second kappa shape index (κ2) is 5.42. The van der Waals surface area contributed by atoms with Gasteiger partial charge in [0.2, 0.25) is 0 Å². The van der Waals surface area contributed by atoms with Gasteiger partial charge in [-0.05, 0) is 24.3 Å². The van der Waals surface area contributed by atoms with Gasteiger partial charge in [0, 0.05) is 24.8 Å². The molecule has 2 rings (SSSR count). The molecule has 0 unspecified atom stereocenters. The van der Waals surface area contributed by atoms with Crippen molar-refractivity contribution in [1.29, 1.82) is 0 Å². The topological polar surface area (TPSA) is 88.3 Å². The Balaban J connectivity index is 2.43. The number of pyridine rings is 1. The fraction of sp³-hybridized carbons (Fsp3) is 0.357. The van der Waals surface area contributed by atoms with Crippen LogP contribution in [0.2, 0.25) is 0 Å². The van der Waals surface area contributed by atoms with Gasteiger partial charge in [0.25, 0.3) is 0 Å². The van der Waals surface area contributed by atoms with Crippen molar-refractivity contribution in [3.8, 4) is 0 Å². The summed E-state index contributed by atoms with van der Waals surface area (Å²) in [7, 11) is 0. The molecule has 0 saturated carbocycles. The number of nitro benzene ring substituents is 1. The molecule has 1 heterocycles. The van der Waals surface area contributed by atoms with Crippen LogP contribution in [0.4, 0.5) is 11.4 Å². The van der Waals surface area contributed by atoms with Crippen molar-refractivity contribution in [2.24, 2.45) is 5.41 Å². The molecule has 2 N–H and O–H groups in total. The monoisotopic (exact) mass is 275 g/mol. The van der Waals surface area contributed by atoms with E-state index in [4.69, 9.17) is 0 Å². The highest BCUT2D eigenvalue weighted by Gasteiger charge is 2.22. The van der Waals surface area contributed by atoms with Crippen molar-refractivity contribution in [3.05, 3.63) is 40.6 Å². The summed E-state index contributed by atoms with van der Waals surface area (Å²) in [5.41, 5.74) is 0.699. The molecule has 0 aliphatic rings. The van der Waals surface area contributed by atoms with E-state index in [0.29, 0.717) is 23.1 Å². The number of aliphatic hydroxyl groups is 1. The lowest BCUT2D eigenvalue weighted by atomic mass is 9.95. The largest absolute Gasteiger partial charge is 0.396 e. The molecule has 0 saturated heterocycles. The number of fused-ring (bicyclic) bond motifs is 1. The van der Waals surface area contributed by atoms with Gasteiger partial charge in [-0.2, -0.15) is 0 Å². The Kier molecular flexibility index (Phi) is 3.85. The number of benzene rings is 1. The maximum Gasteiger partial charge on any atom is 0.301 e. The fourth-order valence-corrected chi connectivity index (χ4v) is 1.87. The predicted octanol–water partition coefficient (Wildman–Crippen LogP) is 2.57. The first-order chi connectivity index (χ1) is 9.44. The minimum Gasteiger partial charge on any atom is -0.396 e. The van der Waals surface area contributed by atoms with Crippen molar-refractivity contribution in [2.75, 3.05) is 18.5 Å². The molecule has 20 heavy (non-hydrogen) atoms. The quantitative estimate of drug-likeness (QED) is 0.646. The minimum absolute atomic E-state index is 0.00291. The Morgan fingerprint density at radius 1 is 1.40 bits per heavy atom. The average molecular weight is 275 g/mol. The summed E-state index contributed by atoms with van der Waals surface area (Å²) >= 11 is 0. The highest BCUT2D eigenvalue weighted by atomic mass is 16.6. The maximum absolute atomic E-state index is 11.3. The Morgan fingerprint density at radius 3 is 2.80 bits per heavy atom. The molecule has 0 aliphatic carbocycles. The molecule has 0 fully saturated rings. The van der Waals surface area contributed by atoms with E-state index in [-0.39, 0.29) is 17.7 Å². The lowest BCUT2D eigenvalue weighted by molar-refractivity contribution is -0.382. The van der Waals surface area contributed by atoms with Crippen molar-refractivity contribution in [3.63, 3.8) is 0 Å². The van der Waals surface area contributed by atoms with Crippen LogP contribution in [-0.4, -0.2) is 28.2 Å². The van der Waals surface area contributed by atoms with Crippen molar-refractivity contribution in [1.82, 2.24) is 4.98 Å². The minimum atomic E-state index is -0.404. The van der Waals surface area contributed by atoms with Crippen molar-refractivity contribution >= 4 is 22.3 Å². The first-order valence-electron chi connectivity index (χ1n) is 6.31. The van der Waals surface area contributed by atoms with Crippen LogP contribution in [0.25, 0.3) is 10.9 Å². The number of hydrogen-bond donors (Lipinski definition) is 2. The van der Waals surface area contributed by atoms with E-state index in [1.54, 1.807) is 30.5 Å². The second-order valence-electron chi connectivity index (χ2n) is 5.46. The van der Waals surface area contributed by atoms with E-state index in [1.165, 1.54) is 0 Å². The summed E-state index contributed by atoms with van der Waals surface area (Å²) < 4.78 is 0. The summed E-state index contributed by atoms with van der Waals surface area (Å²) in [4.78, 5) is 15.0. The van der Waals surface area contributed by atoms with Crippen LogP contribution < -0.4 is 5.32 Å². The number of aliphatic hydroxyl groups excluding tert-OH is 1. The standard InChI is InChI=1S/C14H17N3O3/c1-14(2,9-18)8-16-12-6-5-11-10(4-3-7-15-11)13(12)17(19)20/h3-7,16,18H,8-9H2,1-2H3. The first kappa shape index (κ1) is 14.2. The van der Waals surface area contributed by atoms with Gasteiger partial charge in [0.1, 0.15) is 5.69 Å². The highest BCUT2D eigenvalue weighted by Crippen LogP contribution is 2.33. The molecule has 0 aliphatic heterocycles. The third kappa shape index (κ3) is 2.85. The molecule has 0 radical (unpaired) electrons. The van der Waals surface area contributed by atoms with Crippen molar-refractivity contribution < 1.29 is 10.0 Å². The van der Waals surface area contributed by atoms with Crippen LogP contribution in [0.5, 0.6) is 0 Å². The zero-order chi connectivity index (χ0) is 14.8. The van der Waals surface area contributed by atoms with E-state index >= 15 is 0 Å². The zero-order valence-electron chi connectivity index (χ0n) is 11.5. The first-order valence-corrected chi connectivity index (χ1v) is 6.31. The predicted molar refractivity (Wildman–Crippen MR) is 77.8 cm³/mol. The molecular formula is C14H17N3O3.